The Morgan fingerprint density at radius 1 is 1.14 bits per heavy atom. The summed E-state index contributed by atoms with van der Waals surface area (Å²) in [4.78, 5) is 12.5. The van der Waals surface area contributed by atoms with Gasteiger partial charge in [0, 0.05) is 30.5 Å². The first-order chi connectivity index (χ1) is 13.9. The Morgan fingerprint density at radius 2 is 1.97 bits per heavy atom. The topological polar surface area (TPSA) is 103 Å². The number of sulfonamides is 1. The molecular weight excluding hydrogens is 420 g/mol. The van der Waals surface area contributed by atoms with Crippen LogP contribution >= 0.6 is 11.6 Å². The first-order valence-corrected chi connectivity index (χ1v) is 10.9. The lowest BCUT2D eigenvalue weighted by atomic mass is 10.2. The van der Waals surface area contributed by atoms with Crippen LogP contribution in [0.5, 0.6) is 11.5 Å². The van der Waals surface area contributed by atoms with Crippen molar-refractivity contribution in [2.45, 2.75) is 23.8 Å². The van der Waals surface area contributed by atoms with E-state index in [1.54, 1.807) is 18.2 Å². The number of nitrogens with one attached hydrogen (secondary N) is 2. The maximum Gasteiger partial charge on any atom is 0.255 e. The van der Waals surface area contributed by atoms with E-state index >= 15 is 0 Å². The molecule has 0 radical (unpaired) electrons. The number of halogens is 1. The number of amides is 1. The Hall–Kier alpha value is -2.33. The van der Waals surface area contributed by atoms with Crippen molar-refractivity contribution in [1.29, 1.82) is 0 Å². The molecule has 2 N–H and O–H groups in total. The Morgan fingerprint density at radius 3 is 2.76 bits per heavy atom. The van der Waals surface area contributed by atoms with E-state index in [2.05, 4.69) is 10.0 Å². The number of benzene rings is 2. The monoisotopic (exact) mass is 438 g/mol. The molecule has 2 aliphatic rings. The molecule has 0 saturated carbocycles. The molecule has 1 fully saturated rings. The fourth-order valence-corrected chi connectivity index (χ4v) is 4.70. The van der Waals surface area contributed by atoms with Crippen LogP contribution in [0.1, 0.15) is 23.2 Å². The van der Waals surface area contributed by atoms with Crippen molar-refractivity contribution >= 4 is 33.2 Å². The van der Waals surface area contributed by atoms with Crippen LogP contribution in [0.4, 0.5) is 5.69 Å². The predicted molar refractivity (Wildman–Crippen MR) is 106 cm³/mol. The molecule has 2 heterocycles. The zero-order valence-electron chi connectivity index (χ0n) is 15.3. The molecule has 4 rings (SSSR count). The van der Waals surface area contributed by atoms with Gasteiger partial charge in [-0.15, -0.1) is 0 Å². The van der Waals surface area contributed by atoms with Gasteiger partial charge in [0.05, 0.1) is 11.1 Å². The molecule has 8 nitrogen and oxygen atoms in total. The number of fused-ring (bicyclic) bond motifs is 1. The lowest BCUT2D eigenvalue weighted by Gasteiger charge is -2.13. The molecule has 154 valence electrons. The van der Waals surface area contributed by atoms with Crippen molar-refractivity contribution in [3.05, 3.63) is 47.0 Å². The van der Waals surface area contributed by atoms with Crippen LogP contribution in [-0.4, -0.2) is 40.4 Å². The normalized spacial score (nSPS) is 18.0. The van der Waals surface area contributed by atoms with Crippen molar-refractivity contribution < 1.29 is 27.4 Å². The fraction of sp³-hybridized carbons (Fsp3) is 0.316. The number of ether oxygens (including phenoxy) is 3. The highest BCUT2D eigenvalue weighted by Gasteiger charge is 2.23. The zero-order valence-corrected chi connectivity index (χ0v) is 16.9. The Bertz CT molecular complexity index is 1040. The highest BCUT2D eigenvalue weighted by Crippen LogP contribution is 2.34. The number of hydrogen-bond donors (Lipinski definition) is 2. The average Bonchev–Trinajstić information content (AvgIpc) is 3.38. The summed E-state index contributed by atoms with van der Waals surface area (Å²) in [7, 11) is -3.89. The molecule has 0 bridgehead atoms. The van der Waals surface area contributed by atoms with Gasteiger partial charge in [-0.3, -0.25) is 4.79 Å². The molecule has 0 spiro atoms. The maximum absolute atomic E-state index is 12.7. The third kappa shape index (κ3) is 4.48. The van der Waals surface area contributed by atoms with E-state index in [1.807, 2.05) is 0 Å². The quantitative estimate of drug-likeness (QED) is 0.718. The minimum absolute atomic E-state index is 0.0319. The van der Waals surface area contributed by atoms with Crippen molar-refractivity contribution in [2.75, 3.05) is 25.3 Å². The predicted octanol–water partition coefficient (Wildman–Crippen LogP) is 2.78. The van der Waals surface area contributed by atoms with Crippen LogP contribution in [0.15, 0.2) is 41.3 Å². The molecule has 1 amide bonds. The third-order valence-electron chi connectivity index (χ3n) is 4.64. The number of hydrogen-bond acceptors (Lipinski definition) is 6. The molecule has 1 saturated heterocycles. The van der Waals surface area contributed by atoms with Gasteiger partial charge in [-0.25, -0.2) is 13.1 Å². The molecule has 2 aromatic carbocycles. The highest BCUT2D eigenvalue weighted by molar-refractivity contribution is 7.89. The summed E-state index contributed by atoms with van der Waals surface area (Å²) in [5, 5.41) is 2.74. The van der Waals surface area contributed by atoms with Crippen LogP contribution in [0.3, 0.4) is 0 Å². The van der Waals surface area contributed by atoms with Gasteiger partial charge >= 0.3 is 0 Å². The second-order valence-electron chi connectivity index (χ2n) is 6.65. The van der Waals surface area contributed by atoms with E-state index in [0.29, 0.717) is 23.8 Å². The van der Waals surface area contributed by atoms with E-state index < -0.39 is 15.9 Å². The molecule has 2 aliphatic heterocycles. The Balaban J connectivity index is 1.50. The molecule has 0 aromatic heterocycles. The second kappa shape index (κ2) is 8.19. The summed E-state index contributed by atoms with van der Waals surface area (Å²) in [6, 6.07) is 9.09. The van der Waals surface area contributed by atoms with Crippen LogP contribution in [-0.2, 0) is 14.8 Å². The first-order valence-electron chi connectivity index (χ1n) is 9.04. The second-order valence-corrected chi connectivity index (χ2v) is 8.80. The number of anilines is 1. The summed E-state index contributed by atoms with van der Waals surface area (Å²) in [6.45, 7) is 0.916. The van der Waals surface area contributed by atoms with Crippen LogP contribution in [0, 0.1) is 0 Å². The molecule has 29 heavy (non-hydrogen) atoms. The third-order valence-corrected chi connectivity index (χ3v) is 6.54. The SMILES string of the molecule is O=C(Nc1ccc2c(c1)OCO2)c1ccc(Cl)c(S(=O)(=O)NC[C@H]2CCCO2)c1. The van der Waals surface area contributed by atoms with Gasteiger partial charge in [-0.2, -0.15) is 0 Å². The van der Waals surface area contributed by atoms with Gasteiger partial charge in [0.1, 0.15) is 4.90 Å². The smallest absolute Gasteiger partial charge is 0.255 e. The van der Waals surface area contributed by atoms with Crippen molar-refractivity contribution in [3.8, 4) is 11.5 Å². The summed E-state index contributed by atoms with van der Waals surface area (Å²) < 4.78 is 43.8. The Kier molecular flexibility index (Phi) is 5.64. The largest absolute Gasteiger partial charge is 0.454 e. The number of rotatable bonds is 6. The van der Waals surface area contributed by atoms with Gasteiger partial charge < -0.3 is 19.5 Å². The Labute approximate surface area is 173 Å². The van der Waals surface area contributed by atoms with E-state index in [1.165, 1.54) is 18.2 Å². The highest BCUT2D eigenvalue weighted by atomic mass is 35.5. The zero-order chi connectivity index (χ0) is 20.4. The molecule has 2 aromatic rings. The summed E-state index contributed by atoms with van der Waals surface area (Å²) >= 11 is 6.09. The van der Waals surface area contributed by atoms with Gasteiger partial charge in [0.15, 0.2) is 11.5 Å². The van der Waals surface area contributed by atoms with E-state index in [9.17, 15) is 13.2 Å². The molecular formula is C19H19ClN2O6S. The molecule has 0 unspecified atom stereocenters. The molecule has 1 atom stereocenters. The maximum atomic E-state index is 12.7. The van der Waals surface area contributed by atoms with Gasteiger partial charge in [-0.1, -0.05) is 11.6 Å². The van der Waals surface area contributed by atoms with Gasteiger partial charge in [0.2, 0.25) is 16.8 Å². The lowest BCUT2D eigenvalue weighted by Crippen LogP contribution is -2.32. The van der Waals surface area contributed by atoms with Crippen LogP contribution in [0.2, 0.25) is 5.02 Å². The van der Waals surface area contributed by atoms with E-state index in [4.69, 9.17) is 25.8 Å². The number of carbonyl (C=O) groups excluding carboxylic acids is 1. The minimum Gasteiger partial charge on any atom is -0.454 e. The average molecular weight is 439 g/mol. The number of carbonyl (C=O) groups is 1. The first kappa shape index (κ1) is 20.0. The summed E-state index contributed by atoms with van der Waals surface area (Å²) in [5.74, 6) is 0.650. The summed E-state index contributed by atoms with van der Waals surface area (Å²) in [6.07, 6.45) is 1.55. The molecule has 0 aliphatic carbocycles. The van der Waals surface area contributed by atoms with Crippen LogP contribution < -0.4 is 19.5 Å². The van der Waals surface area contributed by atoms with E-state index in [-0.39, 0.29) is 34.9 Å². The fourth-order valence-electron chi connectivity index (χ4n) is 3.11. The lowest BCUT2D eigenvalue weighted by molar-refractivity contribution is 0.102. The van der Waals surface area contributed by atoms with Crippen molar-refractivity contribution in [1.82, 2.24) is 4.72 Å². The minimum atomic E-state index is -3.89. The van der Waals surface area contributed by atoms with E-state index in [0.717, 1.165) is 12.8 Å². The molecule has 10 heteroatoms. The standard InChI is InChI=1S/C19H19ClN2O6S/c20-15-5-3-12(8-18(15)29(24,25)21-10-14-2-1-7-26-14)19(23)22-13-4-6-16-17(9-13)28-11-27-16/h3-6,8-9,14,21H,1-2,7,10-11H2,(H,22,23)/t14-/m1/s1. The van der Waals surface area contributed by atoms with Crippen LogP contribution in [0.25, 0.3) is 0 Å². The van der Waals surface area contributed by atoms with Crippen molar-refractivity contribution in [3.63, 3.8) is 0 Å². The van der Waals surface area contributed by atoms with Gasteiger partial charge in [-0.05, 0) is 43.2 Å². The van der Waals surface area contributed by atoms with Gasteiger partial charge in [0.25, 0.3) is 5.91 Å². The van der Waals surface area contributed by atoms with Crippen molar-refractivity contribution in [2.24, 2.45) is 0 Å². The summed E-state index contributed by atoms with van der Waals surface area (Å²) in [5.41, 5.74) is 0.652.